The summed E-state index contributed by atoms with van der Waals surface area (Å²) in [7, 11) is 1.69. The Morgan fingerprint density at radius 1 is 1.39 bits per heavy atom. The van der Waals surface area contributed by atoms with Gasteiger partial charge in [0.2, 0.25) is 0 Å². The zero-order valence-electron chi connectivity index (χ0n) is 12.4. The summed E-state index contributed by atoms with van der Waals surface area (Å²) in [6, 6.07) is 5.92. The first kappa shape index (κ1) is 15.2. The van der Waals surface area contributed by atoms with E-state index in [0.29, 0.717) is 11.0 Å². The number of benzene rings is 1. The number of hydrogen-bond donors (Lipinski definition) is 1. The Labute approximate surface area is 130 Å². The van der Waals surface area contributed by atoms with Gasteiger partial charge in [0.15, 0.2) is 17.2 Å². The highest BCUT2D eigenvalue weighted by Gasteiger charge is 2.13. The van der Waals surface area contributed by atoms with Gasteiger partial charge in [-0.1, -0.05) is 12.1 Å². The van der Waals surface area contributed by atoms with E-state index >= 15 is 0 Å². The lowest BCUT2D eigenvalue weighted by molar-refractivity contribution is 0.0895. The van der Waals surface area contributed by atoms with Crippen LogP contribution in [-0.4, -0.2) is 37.1 Å². The Bertz CT molecular complexity index is 890. The Morgan fingerprint density at radius 3 is 2.96 bits per heavy atom. The first-order chi connectivity index (χ1) is 11.1. The molecule has 2 heterocycles. The molecule has 1 aromatic carbocycles. The van der Waals surface area contributed by atoms with Crippen molar-refractivity contribution in [2.45, 2.75) is 12.6 Å². The Kier molecular flexibility index (Phi) is 4.07. The molecular weight excluding hydrogens is 303 g/mol. The number of para-hydroxylation sites is 1. The molecule has 0 bridgehead atoms. The largest absolute Gasteiger partial charge is 0.488 e. The molecule has 0 saturated carbocycles. The van der Waals surface area contributed by atoms with Gasteiger partial charge in [-0.25, -0.2) is 9.37 Å². The van der Waals surface area contributed by atoms with Gasteiger partial charge >= 0.3 is 0 Å². The number of aliphatic hydroxyl groups excluding tert-OH is 1. The summed E-state index contributed by atoms with van der Waals surface area (Å²) in [6.45, 7) is -0.149. The zero-order valence-corrected chi connectivity index (χ0v) is 12.4. The highest BCUT2D eigenvalue weighted by molar-refractivity contribution is 5.72. The molecule has 3 aromatic rings. The fourth-order valence-corrected chi connectivity index (χ4v) is 2.22. The summed E-state index contributed by atoms with van der Waals surface area (Å²) in [5.74, 6) is -0.449. The molecule has 1 atom stereocenters. The highest BCUT2D eigenvalue weighted by Crippen LogP contribution is 2.15. The average Bonchev–Trinajstić information content (AvgIpc) is 2.91. The van der Waals surface area contributed by atoms with Crippen molar-refractivity contribution in [2.24, 2.45) is 7.05 Å². The minimum atomic E-state index is -0.983. The first-order valence-electron chi connectivity index (χ1n) is 6.99. The van der Waals surface area contributed by atoms with Gasteiger partial charge in [-0.15, -0.1) is 0 Å². The number of halogens is 1. The van der Waals surface area contributed by atoms with E-state index in [-0.39, 0.29) is 24.5 Å². The van der Waals surface area contributed by atoms with Crippen molar-refractivity contribution < 1.29 is 14.2 Å². The van der Waals surface area contributed by atoms with Gasteiger partial charge in [-0.2, -0.15) is 5.10 Å². The highest BCUT2D eigenvalue weighted by atomic mass is 19.1. The number of aromatic nitrogens is 4. The molecule has 8 heteroatoms. The van der Waals surface area contributed by atoms with E-state index in [1.54, 1.807) is 19.2 Å². The van der Waals surface area contributed by atoms with Crippen molar-refractivity contribution >= 4 is 11.0 Å². The number of rotatable bonds is 5. The Balaban J connectivity index is 1.71. The van der Waals surface area contributed by atoms with Gasteiger partial charge in [0.1, 0.15) is 24.4 Å². The molecule has 23 heavy (non-hydrogen) atoms. The molecule has 2 aromatic heterocycles. The maximum atomic E-state index is 13.4. The van der Waals surface area contributed by atoms with Crippen molar-refractivity contribution in [1.82, 2.24) is 19.3 Å². The van der Waals surface area contributed by atoms with Crippen LogP contribution in [0.1, 0.15) is 0 Å². The molecular formula is C15H15FN4O3. The van der Waals surface area contributed by atoms with E-state index in [2.05, 4.69) is 10.1 Å². The first-order valence-corrected chi connectivity index (χ1v) is 6.99. The lowest BCUT2D eigenvalue weighted by Gasteiger charge is -2.14. The number of aryl methyl sites for hydroxylation is 1. The number of nitrogens with zero attached hydrogens (tertiary/aromatic N) is 4. The second-order valence-corrected chi connectivity index (χ2v) is 5.10. The molecule has 0 aliphatic rings. The second kappa shape index (κ2) is 6.17. The summed E-state index contributed by atoms with van der Waals surface area (Å²) < 4.78 is 21.4. The minimum absolute atomic E-state index is 0.00881. The lowest BCUT2D eigenvalue weighted by atomic mass is 10.3. The van der Waals surface area contributed by atoms with Crippen LogP contribution in [0.5, 0.6) is 5.75 Å². The second-order valence-electron chi connectivity index (χ2n) is 5.10. The zero-order chi connectivity index (χ0) is 16.4. The Hall–Kier alpha value is -2.74. The van der Waals surface area contributed by atoms with Crippen LogP contribution >= 0.6 is 0 Å². The van der Waals surface area contributed by atoms with Crippen molar-refractivity contribution in [3.63, 3.8) is 0 Å². The molecule has 0 aliphatic carbocycles. The van der Waals surface area contributed by atoms with Crippen LogP contribution in [0.3, 0.4) is 0 Å². The summed E-state index contributed by atoms with van der Waals surface area (Å²) in [5.41, 5.74) is 0.177. The number of ether oxygens (including phenoxy) is 1. The predicted octanol–water partition coefficient (Wildman–Crippen LogP) is 0.709. The van der Waals surface area contributed by atoms with Crippen LogP contribution < -0.4 is 10.3 Å². The van der Waals surface area contributed by atoms with Crippen LogP contribution in [0.2, 0.25) is 0 Å². The van der Waals surface area contributed by atoms with Crippen molar-refractivity contribution in [1.29, 1.82) is 0 Å². The van der Waals surface area contributed by atoms with Gasteiger partial charge in [0, 0.05) is 7.05 Å². The van der Waals surface area contributed by atoms with Crippen molar-refractivity contribution in [3.8, 4) is 5.75 Å². The lowest BCUT2D eigenvalue weighted by Crippen LogP contribution is -2.30. The third kappa shape index (κ3) is 3.07. The van der Waals surface area contributed by atoms with Crippen LogP contribution in [0.4, 0.5) is 4.39 Å². The van der Waals surface area contributed by atoms with Gasteiger partial charge in [0.25, 0.3) is 5.56 Å². The summed E-state index contributed by atoms with van der Waals surface area (Å²) in [4.78, 5) is 16.4. The maximum Gasteiger partial charge on any atom is 0.264 e. The van der Waals surface area contributed by atoms with E-state index in [9.17, 15) is 14.3 Å². The van der Waals surface area contributed by atoms with Crippen LogP contribution in [0.15, 0.2) is 41.6 Å². The SMILES string of the molecule is Cn1ncc2c(=O)n(C[C@H](O)COc3ccccc3F)cnc21. The normalized spacial score (nSPS) is 12.5. The molecule has 3 rings (SSSR count). The molecule has 0 spiro atoms. The molecule has 0 aliphatic heterocycles. The summed E-state index contributed by atoms with van der Waals surface area (Å²) in [6.07, 6.45) is 1.80. The maximum absolute atomic E-state index is 13.4. The third-order valence-electron chi connectivity index (χ3n) is 3.39. The summed E-state index contributed by atoms with van der Waals surface area (Å²) in [5, 5.41) is 14.3. The molecule has 7 nitrogen and oxygen atoms in total. The number of fused-ring (bicyclic) bond motifs is 1. The molecule has 0 fully saturated rings. The van der Waals surface area contributed by atoms with Crippen molar-refractivity contribution in [3.05, 3.63) is 53.0 Å². The standard InChI is InChI=1S/C15H15FN4O3/c1-19-14-11(6-18-19)15(22)20(9-17-14)7-10(21)8-23-13-5-3-2-4-12(13)16/h2-6,9-10,21H,7-8H2,1H3/t10-/m0/s1. The molecule has 120 valence electrons. The molecule has 0 saturated heterocycles. The van der Waals surface area contributed by atoms with Crippen LogP contribution in [-0.2, 0) is 13.6 Å². The molecule has 0 unspecified atom stereocenters. The fourth-order valence-electron chi connectivity index (χ4n) is 2.22. The van der Waals surface area contributed by atoms with Gasteiger partial charge in [-0.3, -0.25) is 14.0 Å². The quantitative estimate of drug-likeness (QED) is 0.749. The van der Waals surface area contributed by atoms with Crippen LogP contribution in [0.25, 0.3) is 11.0 Å². The van der Waals surface area contributed by atoms with E-state index in [4.69, 9.17) is 4.74 Å². The van der Waals surface area contributed by atoms with Crippen LogP contribution in [0, 0.1) is 5.82 Å². The number of hydrogen-bond acceptors (Lipinski definition) is 5. The van der Waals surface area contributed by atoms with Gasteiger partial charge < -0.3 is 9.84 Å². The van der Waals surface area contributed by atoms with Gasteiger partial charge in [-0.05, 0) is 12.1 Å². The Morgan fingerprint density at radius 2 is 2.17 bits per heavy atom. The van der Waals surface area contributed by atoms with E-state index < -0.39 is 11.9 Å². The number of aliphatic hydroxyl groups is 1. The molecule has 0 amide bonds. The van der Waals surface area contributed by atoms with E-state index in [0.717, 1.165) is 0 Å². The van der Waals surface area contributed by atoms with E-state index in [1.165, 1.54) is 33.9 Å². The monoisotopic (exact) mass is 318 g/mol. The van der Waals surface area contributed by atoms with E-state index in [1.807, 2.05) is 0 Å². The van der Waals surface area contributed by atoms with Crippen molar-refractivity contribution in [2.75, 3.05) is 6.61 Å². The smallest absolute Gasteiger partial charge is 0.264 e. The molecule has 0 radical (unpaired) electrons. The average molecular weight is 318 g/mol. The minimum Gasteiger partial charge on any atom is -0.488 e. The fraction of sp³-hybridized carbons (Fsp3) is 0.267. The summed E-state index contributed by atoms with van der Waals surface area (Å²) >= 11 is 0. The molecule has 1 N–H and O–H groups in total. The third-order valence-corrected chi connectivity index (χ3v) is 3.39. The predicted molar refractivity (Wildman–Crippen MR) is 80.7 cm³/mol. The van der Waals surface area contributed by atoms with Gasteiger partial charge in [0.05, 0.1) is 12.7 Å². The topological polar surface area (TPSA) is 82.2 Å².